The van der Waals surface area contributed by atoms with E-state index in [1.165, 1.54) is 0 Å². The monoisotopic (exact) mass is 287 g/mol. The van der Waals surface area contributed by atoms with E-state index in [2.05, 4.69) is 24.9 Å². The molecule has 0 bridgehead atoms. The van der Waals surface area contributed by atoms with Crippen molar-refractivity contribution in [1.82, 2.24) is 0 Å². The molecule has 2 aromatic carbocycles. The van der Waals surface area contributed by atoms with Crippen LogP contribution in [0.4, 0.5) is 5.69 Å². The van der Waals surface area contributed by atoms with Gasteiger partial charge in [0.2, 0.25) is 0 Å². The van der Waals surface area contributed by atoms with Gasteiger partial charge in [-0.25, -0.2) is 0 Å². The highest BCUT2D eigenvalue weighted by molar-refractivity contribution is 7.80. The molecule has 3 nitrogen and oxygen atoms in total. The maximum atomic E-state index is 12.1. The first kappa shape index (κ1) is 14.5. The number of para-hydroxylation sites is 1. The molecule has 0 unspecified atom stereocenters. The number of thiol groups is 1. The van der Waals surface area contributed by atoms with Gasteiger partial charge >= 0.3 is 0 Å². The normalized spacial score (nSPS) is 10.1. The summed E-state index contributed by atoms with van der Waals surface area (Å²) in [6.07, 6.45) is 0.959. The van der Waals surface area contributed by atoms with Crippen LogP contribution in [0.1, 0.15) is 23.7 Å². The highest BCUT2D eigenvalue weighted by Crippen LogP contribution is 2.20. The molecule has 0 atom stereocenters. The average Bonchev–Trinajstić information content (AvgIpc) is 2.48. The zero-order valence-electron chi connectivity index (χ0n) is 11.3. The third-order valence-corrected chi connectivity index (χ3v) is 3.13. The molecule has 0 saturated heterocycles. The summed E-state index contributed by atoms with van der Waals surface area (Å²) in [7, 11) is 0. The molecule has 2 aromatic rings. The fourth-order valence-corrected chi connectivity index (χ4v) is 1.91. The Morgan fingerprint density at radius 3 is 2.50 bits per heavy atom. The summed E-state index contributed by atoms with van der Waals surface area (Å²) in [6.45, 7) is 2.73. The van der Waals surface area contributed by atoms with Crippen LogP contribution in [0.15, 0.2) is 53.4 Å². The number of rotatable bonds is 5. The van der Waals surface area contributed by atoms with Crippen molar-refractivity contribution >= 4 is 24.2 Å². The second kappa shape index (κ2) is 7.01. The Bertz CT molecular complexity index is 581. The van der Waals surface area contributed by atoms with Gasteiger partial charge in [0.15, 0.2) is 0 Å². The van der Waals surface area contributed by atoms with E-state index in [4.69, 9.17) is 4.74 Å². The van der Waals surface area contributed by atoms with Crippen molar-refractivity contribution in [2.45, 2.75) is 18.2 Å². The van der Waals surface area contributed by atoms with E-state index in [-0.39, 0.29) is 5.91 Å². The number of amides is 1. The summed E-state index contributed by atoms with van der Waals surface area (Å²) < 4.78 is 5.48. The second-order valence-electron chi connectivity index (χ2n) is 4.34. The summed E-state index contributed by atoms with van der Waals surface area (Å²) >= 11 is 4.30. The molecule has 0 heterocycles. The van der Waals surface area contributed by atoms with Crippen molar-refractivity contribution in [2.75, 3.05) is 11.9 Å². The van der Waals surface area contributed by atoms with Crippen LogP contribution >= 0.6 is 12.6 Å². The molecule has 2 rings (SSSR count). The Labute approximate surface area is 124 Å². The number of nitrogens with one attached hydrogen (secondary N) is 1. The Hall–Kier alpha value is -1.94. The Morgan fingerprint density at radius 1 is 1.15 bits per heavy atom. The zero-order valence-corrected chi connectivity index (χ0v) is 12.2. The topological polar surface area (TPSA) is 38.3 Å². The lowest BCUT2D eigenvalue weighted by Crippen LogP contribution is -2.12. The van der Waals surface area contributed by atoms with Gasteiger partial charge in [-0.15, -0.1) is 12.6 Å². The number of hydrogen-bond donors (Lipinski definition) is 2. The number of carbonyl (C=O) groups excluding carboxylic acids is 1. The minimum Gasteiger partial charge on any atom is -0.494 e. The van der Waals surface area contributed by atoms with Crippen LogP contribution in [0, 0.1) is 0 Å². The smallest absolute Gasteiger partial charge is 0.255 e. The molecule has 0 fully saturated rings. The first-order chi connectivity index (χ1) is 9.70. The number of anilines is 1. The van der Waals surface area contributed by atoms with Gasteiger partial charge in [0, 0.05) is 10.5 Å². The van der Waals surface area contributed by atoms with Crippen molar-refractivity contribution < 1.29 is 9.53 Å². The molecular weight excluding hydrogens is 270 g/mol. The maximum absolute atomic E-state index is 12.1. The highest BCUT2D eigenvalue weighted by atomic mass is 32.1. The molecule has 0 aliphatic heterocycles. The first-order valence-electron chi connectivity index (χ1n) is 6.53. The van der Waals surface area contributed by atoms with Crippen molar-refractivity contribution in [2.24, 2.45) is 0 Å². The van der Waals surface area contributed by atoms with Crippen LogP contribution < -0.4 is 10.1 Å². The standard InChI is InChI=1S/C16H17NO2S/c1-2-11-19-13-9-7-12(8-10-13)16(18)17-14-5-3-4-6-15(14)20/h3-10,20H,2,11H2,1H3,(H,17,18). The lowest BCUT2D eigenvalue weighted by Gasteiger charge is -2.08. The molecule has 0 aliphatic rings. The van der Waals surface area contributed by atoms with E-state index < -0.39 is 0 Å². The molecule has 0 aromatic heterocycles. The van der Waals surface area contributed by atoms with E-state index in [1.54, 1.807) is 24.3 Å². The van der Waals surface area contributed by atoms with Gasteiger partial charge in [0.1, 0.15) is 5.75 Å². The van der Waals surface area contributed by atoms with Crippen molar-refractivity contribution in [1.29, 1.82) is 0 Å². The average molecular weight is 287 g/mol. The molecule has 4 heteroatoms. The largest absolute Gasteiger partial charge is 0.494 e. The van der Waals surface area contributed by atoms with Crippen molar-refractivity contribution in [3.63, 3.8) is 0 Å². The second-order valence-corrected chi connectivity index (χ2v) is 4.83. The zero-order chi connectivity index (χ0) is 14.4. The quantitative estimate of drug-likeness (QED) is 0.815. The third kappa shape index (κ3) is 3.78. The van der Waals surface area contributed by atoms with Crippen LogP contribution in [0.3, 0.4) is 0 Å². The maximum Gasteiger partial charge on any atom is 0.255 e. The van der Waals surface area contributed by atoms with E-state index in [0.717, 1.165) is 17.1 Å². The molecule has 1 amide bonds. The molecule has 0 spiro atoms. The SMILES string of the molecule is CCCOc1ccc(C(=O)Nc2ccccc2S)cc1. The molecule has 0 radical (unpaired) electrons. The molecule has 20 heavy (non-hydrogen) atoms. The van der Waals surface area contributed by atoms with Gasteiger partial charge in [-0.3, -0.25) is 4.79 Å². The van der Waals surface area contributed by atoms with Crippen LogP contribution in [0.5, 0.6) is 5.75 Å². The van der Waals surface area contributed by atoms with Gasteiger partial charge in [0.05, 0.1) is 12.3 Å². The predicted molar refractivity (Wildman–Crippen MR) is 83.9 cm³/mol. The van der Waals surface area contributed by atoms with Crippen LogP contribution in [-0.2, 0) is 0 Å². The Morgan fingerprint density at radius 2 is 1.85 bits per heavy atom. The van der Waals surface area contributed by atoms with Crippen molar-refractivity contribution in [3.8, 4) is 5.75 Å². The van der Waals surface area contributed by atoms with E-state index in [0.29, 0.717) is 17.9 Å². The minimum absolute atomic E-state index is 0.159. The first-order valence-corrected chi connectivity index (χ1v) is 6.97. The van der Waals surface area contributed by atoms with E-state index in [1.807, 2.05) is 24.3 Å². The molecular formula is C16H17NO2S. The van der Waals surface area contributed by atoms with Gasteiger partial charge in [-0.1, -0.05) is 19.1 Å². The van der Waals surface area contributed by atoms with Crippen LogP contribution in [0.25, 0.3) is 0 Å². The summed E-state index contributed by atoms with van der Waals surface area (Å²) in [5.74, 6) is 0.617. The fraction of sp³-hybridized carbons (Fsp3) is 0.188. The predicted octanol–water partition coefficient (Wildman–Crippen LogP) is 4.02. The lowest BCUT2D eigenvalue weighted by atomic mass is 10.2. The van der Waals surface area contributed by atoms with Crippen LogP contribution in [-0.4, -0.2) is 12.5 Å². The number of benzene rings is 2. The van der Waals surface area contributed by atoms with Gasteiger partial charge in [-0.05, 0) is 42.8 Å². The molecule has 104 valence electrons. The summed E-state index contributed by atoms with van der Waals surface area (Å²) in [5, 5.41) is 2.83. The Kier molecular flexibility index (Phi) is 5.07. The van der Waals surface area contributed by atoms with Gasteiger partial charge in [0.25, 0.3) is 5.91 Å². The van der Waals surface area contributed by atoms with Crippen molar-refractivity contribution in [3.05, 3.63) is 54.1 Å². The summed E-state index contributed by atoms with van der Waals surface area (Å²) in [4.78, 5) is 12.8. The van der Waals surface area contributed by atoms with Gasteiger partial charge < -0.3 is 10.1 Å². The van der Waals surface area contributed by atoms with E-state index >= 15 is 0 Å². The minimum atomic E-state index is -0.159. The fourth-order valence-electron chi connectivity index (χ4n) is 1.70. The number of carbonyl (C=O) groups is 1. The third-order valence-electron chi connectivity index (χ3n) is 2.74. The van der Waals surface area contributed by atoms with Crippen LogP contribution in [0.2, 0.25) is 0 Å². The summed E-state index contributed by atoms with van der Waals surface area (Å²) in [6, 6.07) is 14.5. The Balaban J connectivity index is 2.04. The highest BCUT2D eigenvalue weighted by Gasteiger charge is 2.07. The van der Waals surface area contributed by atoms with Gasteiger partial charge in [-0.2, -0.15) is 0 Å². The summed E-state index contributed by atoms with van der Waals surface area (Å²) in [5.41, 5.74) is 1.29. The molecule has 1 N–H and O–H groups in total. The molecule has 0 saturated carbocycles. The number of ether oxygens (including phenoxy) is 1. The lowest BCUT2D eigenvalue weighted by molar-refractivity contribution is 0.102. The number of hydrogen-bond acceptors (Lipinski definition) is 3. The van der Waals surface area contributed by atoms with E-state index in [9.17, 15) is 4.79 Å². The molecule has 0 aliphatic carbocycles.